The van der Waals surface area contributed by atoms with E-state index in [1.165, 1.54) is 0 Å². The summed E-state index contributed by atoms with van der Waals surface area (Å²) in [6.07, 6.45) is 1.60. The van der Waals surface area contributed by atoms with Crippen LogP contribution in [0.1, 0.15) is 18.2 Å². The first-order valence-electron chi connectivity index (χ1n) is 6.13. The number of nitrogens with zero attached hydrogens (tertiary/aromatic N) is 3. The summed E-state index contributed by atoms with van der Waals surface area (Å²) in [5.41, 5.74) is 1.87. The quantitative estimate of drug-likeness (QED) is 0.915. The number of aryl methyl sites for hydroxylation is 2. The van der Waals surface area contributed by atoms with Crippen molar-refractivity contribution < 1.29 is 4.74 Å². The second-order valence-corrected chi connectivity index (χ2v) is 4.65. The number of hydrogen-bond acceptors (Lipinski definition) is 4. The second-order valence-electron chi connectivity index (χ2n) is 4.24. The zero-order valence-corrected chi connectivity index (χ0v) is 12.0. The molecule has 2 aromatic rings. The van der Waals surface area contributed by atoms with Gasteiger partial charge in [0, 0.05) is 31.9 Å². The molecule has 0 spiro atoms. The van der Waals surface area contributed by atoms with Crippen molar-refractivity contribution in [3.63, 3.8) is 0 Å². The van der Waals surface area contributed by atoms with Gasteiger partial charge < -0.3 is 10.1 Å². The third kappa shape index (κ3) is 3.45. The number of rotatable bonds is 5. The Bertz CT molecular complexity index is 568. The highest BCUT2D eigenvalue weighted by Gasteiger charge is 2.08. The molecule has 0 aliphatic rings. The van der Waals surface area contributed by atoms with Crippen LogP contribution in [0.3, 0.4) is 0 Å². The lowest BCUT2D eigenvalue weighted by molar-refractivity contribution is 0.415. The number of pyridine rings is 1. The third-order valence-corrected chi connectivity index (χ3v) is 2.98. The Hall–Kier alpha value is -1.59. The van der Waals surface area contributed by atoms with Gasteiger partial charge in [-0.1, -0.05) is 18.5 Å². The van der Waals surface area contributed by atoms with Crippen LogP contribution in [0.4, 0.5) is 0 Å². The van der Waals surface area contributed by atoms with E-state index < -0.39 is 0 Å². The van der Waals surface area contributed by atoms with E-state index in [1.54, 1.807) is 10.9 Å². The zero-order chi connectivity index (χ0) is 13.8. The summed E-state index contributed by atoms with van der Waals surface area (Å²) in [7, 11) is 1.83. The van der Waals surface area contributed by atoms with E-state index in [2.05, 4.69) is 15.4 Å². The SMILES string of the molecule is CCNCc1cc(Oc2cc(C)nn2C)ncc1Cl. The standard InChI is InChI=1S/C13H17ClN4O/c1-4-15-7-10-6-12(16-8-11(10)14)19-13-5-9(2)17-18(13)3/h5-6,8,15H,4,7H2,1-3H3. The molecule has 0 aromatic carbocycles. The lowest BCUT2D eigenvalue weighted by Crippen LogP contribution is -2.12. The molecule has 5 nitrogen and oxygen atoms in total. The fourth-order valence-electron chi connectivity index (χ4n) is 1.70. The summed E-state index contributed by atoms with van der Waals surface area (Å²) in [5.74, 6) is 1.17. The van der Waals surface area contributed by atoms with Crippen LogP contribution in [0.5, 0.6) is 11.8 Å². The van der Waals surface area contributed by atoms with Crippen LogP contribution in [0.15, 0.2) is 18.3 Å². The Kier molecular flexibility index (Phi) is 4.39. The summed E-state index contributed by atoms with van der Waals surface area (Å²) in [6, 6.07) is 3.70. The minimum Gasteiger partial charge on any atom is -0.421 e. The molecule has 2 aromatic heterocycles. The van der Waals surface area contributed by atoms with E-state index in [1.807, 2.05) is 33.0 Å². The second kappa shape index (κ2) is 6.04. The molecule has 102 valence electrons. The Labute approximate surface area is 117 Å². The van der Waals surface area contributed by atoms with Gasteiger partial charge in [-0.05, 0) is 19.0 Å². The van der Waals surface area contributed by atoms with Crippen LogP contribution in [-0.4, -0.2) is 21.3 Å². The van der Waals surface area contributed by atoms with E-state index in [9.17, 15) is 0 Å². The molecule has 0 amide bonds. The highest BCUT2D eigenvalue weighted by atomic mass is 35.5. The van der Waals surface area contributed by atoms with Crippen molar-refractivity contribution in [1.82, 2.24) is 20.1 Å². The average Bonchev–Trinajstić information content (AvgIpc) is 2.68. The smallest absolute Gasteiger partial charge is 0.221 e. The van der Waals surface area contributed by atoms with Crippen LogP contribution in [-0.2, 0) is 13.6 Å². The van der Waals surface area contributed by atoms with Gasteiger partial charge in [0.15, 0.2) is 0 Å². The molecule has 0 bridgehead atoms. The van der Waals surface area contributed by atoms with Crippen LogP contribution in [0.25, 0.3) is 0 Å². The summed E-state index contributed by atoms with van der Waals surface area (Å²) in [4.78, 5) is 4.17. The lowest BCUT2D eigenvalue weighted by Gasteiger charge is -2.08. The predicted octanol–water partition coefficient (Wildman–Crippen LogP) is 2.68. The van der Waals surface area contributed by atoms with Crippen molar-refractivity contribution in [3.05, 3.63) is 34.6 Å². The maximum absolute atomic E-state index is 6.09. The minimum atomic E-state index is 0.514. The van der Waals surface area contributed by atoms with Gasteiger partial charge in [-0.25, -0.2) is 9.67 Å². The van der Waals surface area contributed by atoms with Gasteiger partial charge in [0.2, 0.25) is 11.8 Å². The van der Waals surface area contributed by atoms with E-state index in [-0.39, 0.29) is 0 Å². The van der Waals surface area contributed by atoms with Crippen molar-refractivity contribution >= 4 is 11.6 Å². The van der Waals surface area contributed by atoms with Crippen LogP contribution in [0, 0.1) is 6.92 Å². The molecule has 19 heavy (non-hydrogen) atoms. The highest BCUT2D eigenvalue weighted by molar-refractivity contribution is 6.31. The normalized spacial score (nSPS) is 10.7. The van der Waals surface area contributed by atoms with E-state index in [4.69, 9.17) is 16.3 Å². The van der Waals surface area contributed by atoms with Crippen molar-refractivity contribution in [2.45, 2.75) is 20.4 Å². The topological polar surface area (TPSA) is 52.0 Å². The van der Waals surface area contributed by atoms with Gasteiger partial charge in [0.25, 0.3) is 0 Å². The van der Waals surface area contributed by atoms with Crippen LogP contribution in [0.2, 0.25) is 5.02 Å². The number of hydrogen-bond donors (Lipinski definition) is 1. The van der Waals surface area contributed by atoms with Crippen molar-refractivity contribution in [1.29, 1.82) is 0 Å². The number of nitrogens with one attached hydrogen (secondary N) is 1. The average molecular weight is 281 g/mol. The van der Waals surface area contributed by atoms with Crippen molar-refractivity contribution in [2.75, 3.05) is 6.54 Å². The first-order valence-corrected chi connectivity index (χ1v) is 6.51. The maximum atomic E-state index is 6.09. The summed E-state index contributed by atoms with van der Waals surface area (Å²) >= 11 is 6.09. The number of ether oxygens (including phenoxy) is 1. The molecular formula is C13H17ClN4O. The summed E-state index contributed by atoms with van der Waals surface area (Å²) < 4.78 is 7.38. The van der Waals surface area contributed by atoms with Crippen molar-refractivity contribution in [3.8, 4) is 11.8 Å². The van der Waals surface area contributed by atoms with Crippen LogP contribution >= 0.6 is 11.6 Å². The van der Waals surface area contributed by atoms with Crippen LogP contribution < -0.4 is 10.1 Å². The fourth-order valence-corrected chi connectivity index (χ4v) is 1.87. The first kappa shape index (κ1) is 13.8. The van der Waals surface area contributed by atoms with Gasteiger partial charge in [-0.2, -0.15) is 5.10 Å². The maximum Gasteiger partial charge on any atom is 0.221 e. The lowest BCUT2D eigenvalue weighted by atomic mass is 10.2. The van der Waals surface area contributed by atoms with Crippen molar-refractivity contribution in [2.24, 2.45) is 7.05 Å². The molecule has 0 radical (unpaired) electrons. The van der Waals surface area contributed by atoms with E-state index >= 15 is 0 Å². The monoisotopic (exact) mass is 280 g/mol. The van der Waals surface area contributed by atoms with Gasteiger partial charge in [-0.3, -0.25) is 0 Å². The molecule has 0 saturated carbocycles. The number of aromatic nitrogens is 3. The molecule has 1 N–H and O–H groups in total. The fraction of sp³-hybridized carbons (Fsp3) is 0.385. The molecular weight excluding hydrogens is 264 g/mol. The molecule has 6 heteroatoms. The van der Waals surface area contributed by atoms with Gasteiger partial charge >= 0.3 is 0 Å². The van der Waals surface area contributed by atoms with Gasteiger partial charge in [-0.15, -0.1) is 0 Å². The molecule has 0 aliphatic carbocycles. The Morgan fingerprint density at radius 3 is 2.84 bits per heavy atom. The van der Waals surface area contributed by atoms with Gasteiger partial charge in [0.1, 0.15) is 0 Å². The summed E-state index contributed by atoms with van der Waals surface area (Å²) in [6.45, 7) is 5.54. The molecule has 0 saturated heterocycles. The minimum absolute atomic E-state index is 0.514. The molecule has 0 aliphatic heterocycles. The summed E-state index contributed by atoms with van der Waals surface area (Å²) in [5, 5.41) is 8.08. The van der Waals surface area contributed by atoms with E-state index in [0.717, 1.165) is 17.8 Å². The highest BCUT2D eigenvalue weighted by Crippen LogP contribution is 2.24. The third-order valence-electron chi connectivity index (χ3n) is 2.64. The Morgan fingerprint density at radius 1 is 1.42 bits per heavy atom. The Morgan fingerprint density at radius 2 is 2.21 bits per heavy atom. The molecule has 2 rings (SSSR count). The predicted molar refractivity (Wildman–Crippen MR) is 74.6 cm³/mol. The molecule has 0 fully saturated rings. The van der Waals surface area contributed by atoms with Gasteiger partial charge in [0.05, 0.1) is 10.7 Å². The molecule has 2 heterocycles. The zero-order valence-electron chi connectivity index (χ0n) is 11.3. The molecule has 0 atom stereocenters. The molecule has 0 unspecified atom stereocenters. The number of halogens is 1. The van der Waals surface area contributed by atoms with E-state index in [0.29, 0.717) is 23.3 Å². The largest absolute Gasteiger partial charge is 0.421 e. The first-order chi connectivity index (χ1) is 9.10. The Balaban J connectivity index is 2.18.